The summed E-state index contributed by atoms with van der Waals surface area (Å²) >= 11 is 0. The van der Waals surface area contributed by atoms with E-state index in [-0.39, 0.29) is 18.5 Å². The molecular formula is C11H19N5O3S. The van der Waals surface area contributed by atoms with Crippen LogP contribution in [-0.4, -0.2) is 54.4 Å². The molecule has 9 heteroatoms. The minimum Gasteiger partial charge on any atom is -0.396 e. The van der Waals surface area contributed by atoms with Gasteiger partial charge in [-0.15, -0.1) is 0 Å². The molecule has 1 aromatic rings. The molecule has 0 spiro atoms. The lowest BCUT2D eigenvalue weighted by Gasteiger charge is -2.32. The van der Waals surface area contributed by atoms with Crippen LogP contribution >= 0.6 is 0 Å². The fourth-order valence-corrected chi connectivity index (χ4v) is 3.11. The lowest BCUT2D eigenvalue weighted by Crippen LogP contribution is -2.50. The molecule has 112 valence electrons. The Morgan fingerprint density at radius 3 is 2.95 bits per heavy atom. The van der Waals surface area contributed by atoms with Crippen LogP contribution < -0.4 is 10.5 Å². The Kier molecular flexibility index (Phi) is 4.29. The minimum atomic E-state index is -3.25. The predicted octanol–water partition coefficient (Wildman–Crippen LogP) is -0.994. The monoisotopic (exact) mass is 301 g/mol. The number of anilines is 1. The second kappa shape index (κ2) is 5.80. The number of amides is 1. The first-order valence-electron chi connectivity index (χ1n) is 6.36. The van der Waals surface area contributed by atoms with Crippen molar-refractivity contribution in [3.8, 4) is 0 Å². The van der Waals surface area contributed by atoms with E-state index in [1.807, 2.05) is 0 Å². The average molecular weight is 301 g/mol. The molecule has 1 aliphatic heterocycles. The first-order chi connectivity index (χ1) is 9.33. The average Bonchev–Trinajstić information content (AvgIpc) is 2.73. The maximum absolute atomic E-state index is 12.1. The van der Waals surface area contributed by atoms with E-state index in [0.717, 1.165) is 19.1 Å². The van der Waals surface area contributed by atoms with Gasteiger partial charge < -0.3 is 10.6 Å². The molecule has 0 aliphatic carbocycles. The molecule has 0 radical (unpaired) electrons. The molecule has 1 fully saturated rings. The van der Waals surface area contributed by atoms with Gasteiger partial charge in [0, 0.05) is 25.3 Å². The summed E-state index contributed by atoms with van der Waals surface area (Å²) in [7, 11) is -3.25. The number of carbonyl (C=O) groups is 1. The van der Waals surface area contributed by atoms with Crippen LogP contribution in [0.1, 0.15) is 12.8 Å². The molecule has 2 heterocycles. The third-order valence-electron chi connectivity index (χ3n) is 3.11. The first kappa shape index (κ1) is 14.8. The molecule has 0 bridgehead atoms. The maximum Gasteiger partial charge on any atom is 0.244 e. The summed E-state index contributed by atoms with van der Waals surface area (Å²) in [4.78, 5) is 13.8. The number of carbonyl (C=O) groups excluding carboxylic acids is 1. The number of piperidine rings is 1. The van der Waals surface area contributed by atoms with Crippen LogP contribution in [0.2, 0.25) is 0 Å². The van der Waals surface area contributed by atoms with Crippen molar-refractivity contribution in [3.05, 3.63) is 12.4 Å². The molecule has 0 saturated carbocycles. The number of aromatic nitrogens is 2. The second-order valence-electron chi connectivity index (χ2n) is 5.04. The Labute approximate surface area is 118 Å². The predicted molar refractivity (Wildman–Crippen MR) is 74.2 cm³/mol. The molecule has 1 aromatic heterocycles. The first-order valence-corrected chi connectivity index (χ1v) is 8.25. The zero-order valence-electron chi connectivity index (χ0n) is 11.3. The highest BCUT2D eigenvalue weighted by molar-refractivity contribution is 7.88. The fourth-order valence-electron chi connectivity index (χ4n) is 2.31. The van der Waals surface area contributed by atoms with E-state index in [2.05, 4.69) is 9.82 Å². The summed E-state index contributed by atoms with van der Waals surface area (Å²) in [6.07, 6.45) is 5.72. The van der Waals surface area contributed by atoms with Crippen LogP contribution in [0.15, 0.2) is 12.4 Å². The molecule has 3 N–H and O–H groups in total. The van der Waals surface area contributed by atoms with E-state index in [1.165, 1.54) is 10.9 Å². The van der Waals surface area contributed by atoms with Gasteiger partial charge in [-0.3, -0.25) is 9.48 Å². The standard InChI is InChI=1S/C11H19N5O3S/c1-20(18,19)14-10-3-2-4-15(7-10)11(17)8-16-6-9(12)5-13-16/h5-6,10,14H,2-4,7-8,12H2,1H3. The fraction of sp³-hybridized carbons (Fsp3) is 0.636. The van der Waals surface area contributed by atoms with Crippen LogP contribution in [0.3, 0.4) is 0 Å². The van der Waals surface area contributed by atoms with Gasteiger partial charge in [0.25, 0.3) is 0 Å². The number of hydrogen-bond acceptors (Lipinski definition) is 5. The van der Waals surface area contributed by atoms with Gasteiger partial charge in [-0.25, -0.2) is 13.1 Å². The van der Waals surface area contributed by atoms with Gasteiger partial charge in [0.2, 0.25) is 15.9 Å². The van der Waals surface area contributed by atoms with Gasteiger partial charge in [0.15, 0.2) is 0 Å². The Bertz CT molecular complexity index is 583. The molecule has 1 aliphatic rings. The van der Waals surface area contributed by atoms with Gasteiger partial charge >= 0.3 is 0 Å². The summed E-state index contributed by atoms with van der Waals surface area (Å²) in [6, 6.07) is -0.217. The highest BCUT2D eigenvalue weighted by Gasteiger charge is 2.25. The van der Waals surface area contributed by atoms with Crippen molar-refractivity contribution in [2.24, 2.45) is 0 Å². The maximum atomic E-state index is 12.1. The van der Waals surface area contributed by atoms with Crippen LogP contribution in [0.25, 0.3) is 0 Å². The molecule has 8 nitrogen and oxygen atoms in total. The molecule has 1 amide bonds. The van der Waals surface area contributed by atoms with Crippen LogP contribution in [-0.2, 0) is 21.4 Å². The number of nitrogens with two attached hydrogens (primary N) is 1. The molecular weight excluding hydrogens is 282 g/mol. The number of likely N-dealkylation sites (tertiary alicyclic amines) is 1. The Hall–Kier alpha value is -1.61. The summed E-state index contributed by atoms with van der Waals surface area (Å²) < 4.78 is 26.5. The molecule has 2 rings (SSSR count). The summed E-state index contributed by atoms with van der Waals surface area (Å²) in [5, 5.41) is 3.96. The van der Waals surface area contributed by atoms with E-state index in [9.17, 15) is 13.2 Å². The summed E-state index contributed by atoms with van der Waals surface area (Å²) in [6.45, 7) is 1.14. The van der Waals surface area contributed by atoms with E-state index in [1.54, 1.807) is 11.1 Å². The number of sulfonamides is 1. The van der Waals surface area contributed by atoms with E-state index in [4.69, 9.17) is 5.73 Å². The zero-order chi connectivity index (χ0) is 14.8. The third-order valence-corrected chi connectivity index (χ3v) is 3.87. The second-order valence-corrected chi connectivity index (χ2v) is 6.82. The van der Waals surface area contributed by atoms with Crippen molar-refractivity contribution >= 4 is 21.6 Å². The van der Waals surface area contributed by atoms with Gasteiger partial charge in [0.05, 0.1) is 18.1 Å². The smallest absolute Gasteiger partial charge is 0.244 e. The minimum absolute atomic E-state index is 0.0897. The van der Waals surface area contributed by atoms with E-state index >= 15 is 0 Å². The largest absolute Gasteiger partial charge is 0.396 e. The van der Waals surface area contributed by atoms with E-state index in [0.29, 0.717) is 18.8 Å². The Balaban J connectivity index is 1.93. The molecule has 1 unspecified atom stereocenters. The number of nitrogens with one attached hydrogen (secondary N) is 1. The van der Waals surface area contributed by atoms with Gasteiger partial charge in [-0.05, 0) is 12.8 Å². The van der Waals surface area contributed by atoms with Crippen molar-refractivity contribution in [1.82, 2.24) is 19.4 Å². The lowest BCUT2D eigenvalue weighted by atomic mass is 10.1. The summed E-state index contributed by atoms with van der Waals surface area (Å²) in [5.74, 6) is -0.0897. The van der Waals surface area contributed by atoms with Gasteiger partial charge in [-0.2, -0.15) is 5.10 Å². The van der Waals surface area contributed by atoms with E-state index < -0.39 is 10.0 Å². The van der Waals surface area contributed by atoms with Crippen LogP contribution in [0.4, 0.5) is 5.69 Å². The highest BCUT2D eigenvalue weighted by Crippen LogP contribution is 2.11. The molecule has 1 saturated heterocycles. The van der Waals surface area contributed by atoms with Crippen molar-refractivity contribution in [1.29, 1.82) is 0 Å². The Morgan fingerprint density at radius 1 is 1.60 bits per heavy atom. The molecule has 0 aromatic carbocycles. The number of nitrogens with zero attached hydrogens (tertiary/aromatic N) is 3. The van der Waals surface area contributed by atoms with Crippen LogP contribution in [0, 0.1) is 0 Å². The molecule has 20 heavy (non-hydrogen) atoms. The lowest BCUT2D eigenvalue weighted by molar-refractivity contribution is -0.133. The van der Waals surface area contributed by atoms with Crippen LogP contribution in [0.5, 0.6) is 0 Å². The summed E-state index contributed by atoms with van der Waals surface area (Å²) in [5.41, 5.74) is 6.05. The SMILES string of the molecule is CS(=O)(=O)NC1CCCN(C(=O)Cn2cc(N)cn2)C1. The third kappa shape index (κ3) is 4.20. The highest BCUT2D eigenvalue weighted by atomic mass is 32.2. The number of rotatable bonds is 4. The quantitative estimate of drug-likeness (QED) is 0.741. The van der Waals surface area contributed by atoms with Crippen molar-refractivity contribution < 1.29 is 13.2 Å². The molecule has 1 atom stereocenters. The zero-order valence-corrected chi connectivity index (χ0v) is 12.1. The number of nitrogen functional groups attached to an aromatic ring is 1. The normalized spacial score (nSPS) is 20.1. The number of hydrogen-bond donors (Lipinski definition) is 2. The Morgan fingerprint density at radius 2 is 2.35 bits per heavy atom. The van der Waals surface area contributed by atoms with Gasteiger partial charge in [0.1, 0.15) is 6.54 Å². The topological polar surface area (TPSA) is 110 Å². The van der Waals surface area contributed by atoms with Crippen molar-refractivity contribution in [2.45, 2.75) is 25.4 Å². The van der Waals surface area contributed by atoms with Crippen molar-refractivity contribution in [3.63, 3.8) is 0 Å². The van der Waals surface area contributed by atoms with Crippen molar-refractivity contribution in [2.75, 3.05) is 25.1 Å². The van der Waals surface area contributed by atoms with Gasteiger partial charge in [-0.1, -0.05) is 0 Å².